The Labute approximate surface area is 117 Å². The normalized spacial score (nSPS) is 10.4. The van der Waals surface area contributed by atoms with Gasteiger partial charge in [-0.2, -0.15) is 0 Å². The van der Waals surface area contributed by atoms with E-state index in [0.717, 1.165) is 5.69 Å². The van der Waals surface area contributed by atoms with E-state index in [0.29, 0.717) is 16.8 Å². The van der Waals surface area contributed by atoms with Crippen LogP contribution in [0.2, 0.25) is 0 Å². The second-order valence-corrected chi connectivity index (χ2v) is 4.65. The van der Waals surface area contributed by atoms with Crippen molar-refractivity contribution < 1.29 is 13.9 Å². The first-order chi connectivity index (χ1) is 9.51. The predicted octanol–water partition coefficient (Wildman–Crippen LogP) is 3.27. The van der Waals surface area contributed by atoms with Crippen LogP contribution in [0.25, 0.3) is 0 Å². The molecule has 0 unspecified atom stereocenters. The summed E-state index contributed by atoms with van der Waals surface area (Å²) >= 11 is 0. The minimum absolute atomic E-state index is 0.0698. The number of benzene rings is 1. The molecular formula is C16H16FNO2. The first kappa shape index (κ1) is 14.2. The van der Waals surface area contributed by atoms with Crippen molar-refractivity contribution in [2.45, 2.75) is 20.3 Å². The van der Waals surface area contributed by atoms with E-state index in [-0.39, 0.29) is 18.0 Å². The molecule has 0 spiro atoms. The molecule has 0 saturated carbocycles. The smallest absolute Gasteiger partial charge is 0.169 e. The van der Waals surface area contributed by atoms with Crippen LogP contribution < -0.4 is 4.74 Å². The zero-order chi connectivity index (χ0) is 14.7. The lowest BCUT2D eigenvalue weighted by molar-refractivity contribution is 0.0992. The Kier molecular flexibility index (Phi) is 4.13. The quantitative estimate of drug-likeness (QED) is 0.802. The topological polar surface area (TPSA) is 39.2 Å². The van der Waals surface area contributed by atoms with Crippen molar-refractivity contribution in [2.24, 2.45) is 0 Å². The minimum Gasteiger partial charge on any atom is -0.494 e. The van der Waals surface area contributed by atoms with Crippen LogP contribution in [-0.4, -0.2) is 17.9 Å². The lowest BCUT2D eigenvalue weighted by Gasteiger charge is -2.07. The van der Waals surface area contributed by atoms with Crippen LogP contribution in [0.4, 0.5) is 4.39 Å². The molecule has 20 heavy (non-hydrogen) atoms. The zero-order valence-electron chi connectivity index (χ0n) is 11.7. The van der Waals surface area contributed by atoms with Crippen LogP contribution in [0.5, 0.6) is 5.75 Å². The summed E-state index contributed by atoms with van der Waals surface area (Å²) in [6.45, 7) is 3.68. The summed E-state index contributed by atoms with van der Waals surface area (Å²) in [6, 6.07) is 8.11. The Morgan fingerprint density at radius 3 is 2.60 bits per heavy atom. The van der Waals surface area contributed by atoms with Crippen LogP contribution in [0.1, 0.15) is 27.3 Å². The van der Waals surface area contributed by atoms with E-state index in [1.807, 2.05) is 6.92 Å². The number of hydrogen-bond donors (Lipinski definition) is 0. The maximum Gasteiger partial charge on any atom is 0.169 e. The molecule has 0 bridgehead atoms. The largest absolute Gasteiger partial charge is 0.494 e. The van der Waals surface area contributed by atoms with Gasteiger partial charge >= 0.3 is 0 Å². The molecule has 0 amide bonds. The second-order valence-electron chi connectivity index (χ2n) is 4.65. The van der Waals surface area contributed by atoms with Gasteiger partial charge in [-0.05, 0) is 43.7 Å². The average Bonchev–Trinajstić information content (AvgIpc) is 2.38. The standard InChI is InChI=1S/C16H16FNO2/c1-10-4-6-13(11(2)18-10)15(19)9-12-5-7-16(20-3)14(17)8-12/h4-8H,9H2,1-3H3. The molecule has 4 heteroatoms. The van der Waals surface area contributed by atoms with Crippen molar-refractivity contribution >= 4 is 5.78 Å². The number of ketones is 1. The number of hydrogen-bond acceptors (Lipinski definition) is 3. The number of aryl methyl sites for hydroxylation is 2. The monoisotopic (exact) mass is 273 g/mol. The maximum atomic E-state index is 13.6. The summed E-state index contributed by atoms with van der Waals surface area (Å²) in [6.07, 6.45) is 0.145. The number of carbonyl (C=O) groups excluding carboxylic acids is 1. The van der Waals surface area contributed by atoms with E-state index in [1.54, 1.807) is 25.1 Å². The fourth-order valence-corrected chi connectivity index (χ4v) is 2.08. The van der Waals surface area contributed by atoms with E-state index < -0.39 is 5.82 Å². The molecular weight excluding hydrogens is 257 g/mol. The number of Topliss-reactive ketones (excluding diaryl/α,β-unsaturated/α-hetero) is 1. The van der Waals surface area contributed by atoms with Crippen molar-refractivity contribution in [1.29, 1.82) is 0 Å². The molecule has 0 saturated heterocycles. The molecule has 0 fully saturated rings. The van der Waals surface area contributed by atoms with Gasteiger partial charge in [0, 0.05) is 23.4 Å². The summed E-state index contributed by atoms with van der Waals surface area (Å²) in [5.74, 6) is -0.356. The SMILES string of the molecule is COc1ccc(CC(=O)c2ccc(C)nc2C)cc1F. The van der Waals surface area contributed by atoms with Crippen LogP contribution in [0.3, 0.4) is 0 Å². The molecule has 1 aromatic carbocycles. The highest BCUT2D eigenvalue weighted by molar-refractivity contribution is 5.98. The number of halogens is 1. The summed E-state index contributed by atoms with van der Waals surface area (Å²) in [4.78, 5) is 16.5. The summed E-state index contributed by atoms with van der Waals surface area (Å²) < 4.78 is 18.4. The Hall–Kier alpha value is -2.23. The molecule has 104 valence electrons. The van der Waals surface area contributed by atoms with E-state index in [4.69, 9.17) is 4.74 Å². The molecule has 1 heterocycles. The number of rotatable bonds is 4. The van der Waals surface area contributed by atoms with E-state index in [2.05, 4.69) is 4.98 Å². The predicted molar refractivity (Wildman–Crippen MR) is 74.7 cm³/mol. The number of ether oxygens (including phenoxy) is 1. The molecule has 0 atom stereocenters. The van der Waals surface area contributed by atoms with Crippen molar-refractivity contribution in [3.8, 4) is 5.75 Å². The fraction of sp³-hybridized carbons (Fsp3) is 0.250. The lowest BCUT2D eigenvalue weighted by Crippen LogP contribution is -2.07. The molecule has 0 aliphatic heterocycles. The van der Waals surface area contributed by atoms with Crippen LogP contribution in [-0.2, 0) is 6.42 Å². The van der Waals surface area contributed by atoms with E-state index in [1.165, 1.54) is 19.2 Å². The van der Waals surface area contributed by atoms with Crippen molar-refractivity contribution in [3.05, 3.63) is 58.7 Å². The summed E-state index contributed by atoms with van der Waals surface area (Å²) in [5.41, 5.74) is 2.76. The number of carbonyl (C=O) groups is 1. The third-order valence-corrected chi connectivity index (χ3v) is 3.11. The third-order valence-electron chi connectivity index (χ3n) is 3.11. The zero-order valence-corrected chi connectivity index (χ0v) is 11.7. The van der Waals surface area contributed by atoms with Gasteiger partial charge in [0.1, 0.15) is 0 Å². The van der Waals surface area contributed by atoms with Crippen molar-refractivity contribution in [3.63, 3.8) is 0 Å². The number of methoxy groups -OCH3 is 1. The van der Waals surface area contributed by atoms with E-state index in [9.17, 15) is 9.18 Å². The molecule has 0 aliphatic carbocycles. The highest BCUT2D eigenvalue weighted by Gasteiger charge is 2.12. The van der Waals surface area contributed by atoms with Gasteiger partial charge in [-0.15, -0.1) is 0 Å². The van der Waals surface area contributed by atoms with Gasteiger partial charge in [0.25, 0.3) is 0 Å². The molecule has 0 N–H and O–H groups in total. The number of pyridine rings is 1. The third kappa shape index (κ3) is 3.02. The average molecular weight is 273 g/mol. The van der Waals surface area contributed by atoms with Crippen LogP contribution >= 0.6 is 0 Å². The summed E-state index contributed by atoms with van der Waals surface area (Å²) in [7, 11) is 1.41. The van der Waals surface area contributed by atoms with E-state index >= 15 is 0 Å². The molecule has 2 rings (SSSR count). The minimum atomic E-state index is -0.462. The Bertz CT molecular complexity index is 653. The fourth-order valence-electron chi connectivity index (χ4n) is 2.08. The molecule has 0 radical (unpaired) electrons. The van der Waals surface area contributed by atoms with Gasteiger partial charge in [-0.1, -0.05) is 6.07 Å². The van der Waals surface area contributed by atoms with Gasteiger partial charge in [-0.25, -0.2) is 4.39 Å². The Morgan fingerprint density at radius 1 is 1.25 bits per heavy atom. The van der Waals surface area contributed by atoms with Gasteiger partial charge in [0.05, 0.1) is 7.11 Å². The molecule has 1 aromatic heterocycles. The highest BCUT2D eigenvalue weighted by atomic mass is 19.1. The van der Waals surface area contributed by atoms with Crippen molar-refractivity contribution in [1.82, 2.24) is 4.98 Å². The highest BCUT2D eigenvalue weighted by Crippen LogP contribution is 2.19. The van der Waals surface area contributed by atoms with Gasteiger partial charge in [0.15, 0.2) is 17.3 Å². The Balaban J connectivity index is 2.21. The number of aromatic nitrogens is 1. The number of nitrogens with zero attached hydrogens (tertiary/aromatic N) is 1. The maximum absolute atomic E-state index is 13.6. The first-order valence-corrected chi connectivity index (χ1v) is 6.31. The molecule has 2 aromatic rings. The summed E-state index contributed by atoms with van der Waals surface area (Å²) in [5, 5.41) is 0. The van der Waals surface area contributed by atoms with Crippen LogP contribution in [0, 0.1) is 19.7 Å². The molecule has 3 nitrogen and oxygen atoms in total. The van der Waals surface area contributed by atoms with Crippen LogP contribution in [0.15, 0.2) is 30.3 Å². The lowest BCUT2D eigenvalue weighted by atomic mass is 10.0. The molecule has 0 aliphatic rings. The van der Waals surface area contributed by atoms with Gasteiger partial charge in [-0.3, -0.25) is 9.78 Å². The van der Waals surface area contributed by atoms with Gasteiger partial charge in [0.2, 0.25) is 0 Å². The van der Waals surface area contributed by atoms with Gasteiger partial charge < -0.3 is 4.74 Å². The second kappa shape index (κ2) is 5.82. The first-order valence-electron chi connectivity index (χ1n) is 6.31. The Morgan fingerprint density at radius 2 is 2.00 bits per heavy atom. The van der Waals surface area contributed by atoms with Crippen molar-refractivity contribution in [2.75, 3.05) is 7.11 Å².